The van der Waals surface area contributed by atoms with E-state index < -0.39 is 11.9 Å². The van der Waals surface area contributed by atoms with E-state index in [0.29, 0.717) is 19.4 Å². The van der Waals surface area contributed by atoms with E-state index in [-0.39, 0.29) is 12.1 Å². The van der Waals surface area contributed by atoms with Gasteiger partial charge in [0.25, 0.3) is 0 Å². The molecule has 1 fully saturated rings. The highest BCUT2D eigenvalue weighted by molar-refractivity contribution is 5.40. The van der Waals surface area contributed by atoms with Crippen molar-refractivity contribution in [3.63, 3.8) is 0 Å². The Bertz CT molecular complexity index is 793. The summed E-state index contributed by atoms with van der Waals surface area (Å²) in [7, 11) is 3.24. The van der Waals surface area contributed by atoms with Gasteiger partial charge in [0.1, 0.15) is 17.6 Å². The van der Waals surface area contributed by atoms with Crippen molar-refractivity contribution in [1.29, 1.82) is 0 Å². The zero-order chi connectivity index (χ0) is 20.1. The third kappa shape index (κ3) is 5.03. The molecular weight excluding hydrogens is 375 g/mol. The molecule has 1 aromatic heterocycles. The second kappa shape index (κ2) is 8.64. The number of halogens is 3. The molecule has 0 bridgehead atoms. The smallest absolute Gasteiger partial charge is 0.433 e. The molecule has 0 N–H and O–H groups in total. The lowest BCUT2D eigenvalue weighted by atomic mass is 10.1. The van der Waals surface area contributed by atoms with Crippen molar-refractivity contribution in [3.8, 4) is 17.5 Å². The Morgan fingerprint density at radius 3 is 2.50 bits per heavy atom. The first kappa shape index (κ1) is 20.2. The molecule has 152 valence electrons. The number of hydrogen-bond acceptors (Lipinski definition) is 6. The van der Waals surface area contributed by atoms with Crippen molar-refractivity contribution in [2.45, 2.75) is 31.7 Å². The van der Waals surface area contributed by atoms with Crippen LogP contribution in [0.1, 0.15) is 24.1 Å². The SMILES string of the molecule is COc1ccc(OC)c(CN2CCC(Oc3nccc(C(F)(F)F)n3)CC2)c1. The Hall–Kier alpha value is -2.55. The second-order valence-electron chi connectivity index (χ2n) is 6.49. The molecule has 3 rings (SSSR count). The van der Waals surface area contributed by atoms with Gasteiger partial charge >= 0.3 is 12.2 Å². The number of hydrogen-bond donors (Lipinski definition) is 0. The third-order valence-corrected chi connectivity index (χ3v) is 4.61. The molecule has 2 heterocycles. The monoisotopic (exact) mass is 397 g/mol. The molecule has 1 aromatic carbocycles. The van der Waals surface area contributed by atoms with E-state index in [2.05, 4.69) is 14.9 Å². The highest BCUT2D eigenvalue weighted by atomic mass is 19.4. The van der Waals surface area contributed by atoms with Crippen LogP contribution in [0.25, 0.3) is 0 Å². The van der Waals surface area contributed by atoms with E-state index in [1.54, 1.807) is 14.2 Å². The Balaban J connectivity index is 1.57. The predicted octanol–water partition coefficient (Wildman–Crippen LogP) is 3.56. The second-order valence-corrected chi connectivity index (χ2v) is 6.49. The van der Waals surface area contributed by atoms with E-state index in [9.17, 15) is 13.2 Å². The maximum atomic E-state index is 12.7. The maximum Gasteiger partial charge on any atom is 0.433 e. The van der Waals surface area contributed by atoms with E-state index in [0.717, 1.165) is 42.4 Å². The van der Waals surface area contributed by atoms with Crippen LogP contribution in [-0.4, -0.2) is 48.3 Å². The summed E-state index contributed by atoms with van der Waals surface area (Å²) in [5, 5.41) is 0. The molecule has 0 unspecified atom stereocenters. The predicted molar refractivity (Wildman–Crippen MR) is 95.5 cm³/mol. The zero-order valence-electron chi connectivity index (χ0n) is 15.7. The summed E-state index contributed by atoms with van der Waals surface area (Å²) in [4.78, 5) is 9.50. The lowest BCUT2D eigenvalue weighted by Gasteiger charge is -2.32. The van der Waals surface area contributed by atoms with Gasteiger partial charge in [0.05, 0.1) is 14.2 Å². The average Bonchev–Trinajstić information content (AvgIpc) is 2.69. The maximum absolute atomic E-state index is 12.7. The Morgan fingerprint density at radius 1 is 1.11 bits per heavy atom. The Labute approximate surface area is 161 Å². The standard InChI is InChI=1S/C19H22F3N3O3/c1-26-15-3-4-16(27-2)13(11-15)12-25-9-6-14(7-10-25)28-18-23-8-5-17(24-18)19(20,21)22/h3-5,8,11,14H,6-7,9-10,12H2,1-2H3. The van der Waals surface area contributed by atoms with Crippen LogP contribution in [-0.2, 0) is 12.7 Å². The minimum atomic E-state index is -4.51. The van der Waals surface area contributed by atoms with Gasteiger partial charge in [-0.1, -0.05) is 0 Å². The number of benzene rings is 1. The van der Waals surface area contributed by atoms with Gasteiger partial charge in [-0.05, 0) is 37.1 Å². The van der Waals surface area contributed by atoms with Crippen LogP contribution in [0.4, 0.5) is 13.2 Å². The molecule has 1 saturated heterocycles. The summed E-state index contributed by atoms with van der Waals surface area (Å²) in [6.45, 7) is 2.17. The van der Waals surface area contributed by atoms with Crippen LogP contribution in [0.2, 0.25) is 0 Å². The van der Waals surface area contributed by atoms with Crippen molar-refractivity contribution in [2.75, 3.05) is 27.3 Å². The van der Waals surface area contributed by atoms with E-state index in [1.165, 1.54) is 0 Å². The quantitative estimate of drug-likeness (QED) is 0.743. The number of methoxy groups -OCH3 is 2. The molecule has 1 aliphatic rings. The average molecular weight is 397 g/mol. The van der Waals surface area contributed by atoms with Crippen molar-refractivity contribution >= 4 is 0 Å². The first-order valence-electron chi connectivity index (χ1n) is 8.89. The molecular formula is C19H22F3N3O3. The Morgan fingerprint density at radius 2 is 1.86 bits per heavy atom. The van der Waals surface area contributed by atoms with Crippen LogP contribution >= 0.6 is 0 Å². The van der Waals surface area contributed by atoms with Crippen molar-refractivity contribution in [1.82, 2.24) is 14.9 Å². The number of nitrogens with zero attached hydrogens (tertiary/aromatic N) is 3. The molecule has 1 aliphatic heterocycles. The molecule has 0 spiro atoms. The summed E-state index contributed by atoms with van der Waals surface area (Å²) in [6.07, 6.45) is -2.32. The van der Waals surface area contributed by atoms with Gasteiger partial charge in [-0.3, -0.25) is 4.90 Å². The Kier molecular flexibility index (Phi) is 6.23. The summed E-state index contributed by atoms with van der Waals surface area (Å²) in [6, 6.07) is 6.25. The van der Waals surface area contributed by atoms with Crippen molar-refractivity contribution < 1.29 is 27.4 Å². The molecule has 2 aromatic rings. The fraction of sp³-hybridized carbons (Fsp3) is 0.474. The first-order chi connectivity index (χ1) is 13.4. The van der Waals surface area contributed by atoms with Gasteiger partial charge in [0.2, 0.25) is 0 Å². The number of ether oxygens (including phenoxy) is 3. The largest absolute Gasteiger partial charge is 0.497 e. The molecule has 9 heteroatoms. The van der Waals surface area contributed by atoms with Crippen molar-refractivity contribution in [2.24, 2.45) is 0 Å². The molecule has 0 saturated carbocycles. The van der Waals surface area contributed by atoms with Crippen LogP contribution in [0.3, 0.4) is 0 Å². The minimum absolute atomic E-state index is 0.216. The molecule has 0 amide bonds. The highest BCUT2D eigenvalue weighted by Gasteiger charge is 2.33. The molecule has 0 aliphatic carbocycles. The minimum Gasteiger partial charge on any atom is -0.497 e. The molecule has 28 heavy (non-hydrogen) atoms. The third-order valence-electron chi connectivity index (χ3n) is 4.61. The van der Waals surface area contributed by atoms with Gasteiger partial charge in [-0.25, -0.2) is 4.98 Å². The van der Waals surface area contributed by atoms with Gasteiger partial charge in [0, 0.05) is 31.4 Å². The van der Waals surface area contributed by atoms with Crippen LogP contribution in [0, 0.1) is 0 Å². The highest BCUT2D eigenvalue weighted by Crippen LogP contribution is 2.29. The van der Waals surface area contributed by atoms with Crippen LogP contribution in [0.15, 0.2) is 30.5 Å². The van der Waals surface area contributed by atoms with Gasteiger partial charge in [0.15, 0.2) is 5.69 Å². The fourth-order valence-corrected chi connectivity index (χ4v) is 3.14. The van der Waals surface area contributed by atoms with Gasteiger partial charge in [-0.15, -0.1) is 0 Å². The van der Waals surface area contributed by atoms with E-state index in [4.69, 9.17) is 14.2 Å². The van der Waals surface area contributed by atoms with Crippen molar-refractivity contribution in [3.05, 3.63) is 41.7 Å². The van der Waals surface area contributed by atoms with Gasteiger partial charge in [-0.2, -0.15) is 18.2 Å². The van der Waals surface area contributed by atoms with Gasteiger partial charge < -0.3 is 14.2 Å². The summed E-state index contributed by atoms with van der Waals surface area (Å²) in [5.74, 6) is 1.55. The van der Waals surface area contributed by atoms with E-state index in [1.807, 2.05) is 18.2 Å². The molecule has 0 radical (unpaired) electrons. The number of likely N-dealkylation sites (tertiary alicyclic amines) is 1. The lowest BCUT2D eigenvalue weighted by Crippen LogP contribution is -2.38. The van der Waals surface area contributed by atoms with E-state index >= 15 is 0 Å². The number of aromatic nitrogens is 2. The topological polar surface area (TPSA) is 56.7 Å². The summed E-state index contributed by atoms with van der Waals surface area (Å²) >= 11 is 0. The fourth-order valence-electron chi connectivity index (χ4n) is 3.14. The first-order valence-corrected chi connectivity index (χ1v) is 8.89. The number of piperidine rings is 1. The number of alkyl halides is 3. The number of rotatable bonds is 6. The normalized spacial score (nSPS) is 16.0. The van der Waals surface area contributed by atoms with Crippen LogP contribution < -0.4 is 14.2 Å². The summed E-state index contributed by atoms with van der Waals surface area (Å²) in [5.41, 5.74) is 0.0162. The lowest BCUT2D eigenvalue weighted by molar-refractivity contribution is -0.141. The zero-order valence-corrected chi connectivity index (χ0v) is 15.7. The summed E-state index contributed by atoms with van der Waals surface area (Å²) < 4.78 is 54.5. The van der Waals surface area contributed by atoms with Crippen LogP contribution in [0.5, 0.6) is 17.5 Å². The molecule has 6 nitrogen and oxygen atoms in total. The molecule has 0 atom stereocenters.